The number of ether oxygens (including phenoxy) is 2. The number of hydrogen-bond donors (Lipinski definition) is 1. The van der Waals surface area contributed by atoms with Crippen LogP contribution in [0.5, 0.6) is 0 Å². The van der Waals surface area contributed by atoms with Crippen molar-refractivity contribution in [3.05, 3.63) is 36.5 Å². The lowest BCUT2D eigenvalue weighted by molar-refractivity contribution is -0.870. The summed E-state index contributed by atoms with van der Waals surface area (Å²) in [6.07, 6.45) is 47.7. The fourth-order valence-corrected chi connectivity index (χ4v) is 7.31. The molecule has 0 aromatic heterocycles. The second-order valence-corrected chi connectivity index (χ2v) is 18.9. The molecule has 2 atom stereocenters. The molecule has 0 saturated heterocycles. The van der Waals surface area contributed by atoms with Gasteiger partial charge in [0.15, 0.2) is 6.10 Å². The molecule has 0 heterocycles. The molecule has 0 aliphatic heterocycles. The summed E-state index contributed by atoms with van der Waals surface area (Å²) in [5, 5.41) is 0. The van der Waals surface area contributed by atoms with Gasteiger partial charge in [0.2, 0.25) is 0 Å². The molecule has 2 unspecified atom stereocenters. The van der Waals surface area contributed by atoms with Gasteiger partial charge in [-0.1, -0.05) is 166 Å². The highest BCUT2D eigenvalue weighted by molar-refractivity contribution is 7.47. The van der Waals surface area contributed by atoms with Crippen LogP contribution in [0.2, 0.25) is 0 Å². The van der Waals surface area contributed by atoms with Crippen molar-refractivity contribution < 1.29 is 42.1 Å². The maximum absolute atomic E-state index is 12.7. The van der Waals surface area contributed by atoms with Gasteiger partial charge in [-0.2, -0.15) is 0 Å². The quantitative estimate of drug-likeness (QED) is 0.0212. The highest BCUT2D eigenvalue weighted by Gasteiger charge is 2.27. The second-order valence-electron chi connectivity index (χ2n) is 17.5. The number of hydrogen-bond acceptors (Lipinski definition) is 7. The maximum atomic E-state index is 12.7. The molecule has 0 saturated carbocycles. The van der Waals surface area contributed by atoms with E-state index in [1.807, 2.05) is 21.1 Å². The van der Waals surface area contributed by atoms with E-state index in [0.717, 1.165) is 64.2 Å². The zero-order chi connectivity index (χ0) is 43.6. The number of unbranched alkanes of at least 4 members (excludes halogenated alkanes) is 24. The molecule has 1 N–H and O–H groups in total. The molecule has 0 radical (unpaired) electrons. The van der Waals surface area contributed by atoms with Crippen molar-refractivity contribution in [2.45, 2.75) is 219 Å². The van der Waals surface area contributed by atoms with Gasteiger partial charge >= 0.3 is 19.8 Å². The summed E-state index contributed by atoms with van der Waals surface area (Å²) in [5.74, 6) is -0.808. The molecule has 0 bridgehead atoms. The average molecular weight is 855 g/mol. The number of allylic oxidation sites excluding steroid dienone is 6. The molecule has 0 aromatic rings. The van der Waals surface area contributed by atoms with Gasteiger partial charge in [-0.05, 0) is 70.6 Å². The maximum Gasteiger partial charge on any atom is 0.472 e. The number of carbonyl (C=O) groups excluding carboxylic acids is 2. The van der Waals surface area contributed by atoms with E-state index in [2.05, 4.69) is 50.3 Å². The minimum atomic E-state index is -4.38. The number of nitrogens with zero attached hydrogens (tertiary/aromatic N) is 1. The second kappa shape index (κ2) is 41.6. The van der Waals surface area contributed by atoms with Crippen molar-refractivity contribution in [2.24, 2.45) is 0 Å². The van der Waals surface area contributed by atoms with Crippen LogP contribution in [-0.4, -0.2) is 74.9 Å². The van der Waals surface area contributed by atoms with E-state index in [1.165, 1.54) is 116 Å². The van der Waals surface area contributed by atoms with E-state index >= 15 is 0 Å². The minimum absolute atomic E-state index is 0.0302. The summed E-state index contributed by atoms with van der Waals surface area (Å²) in [6, 6.07) is 0. The predicted molar refractivity (Wildman–Crippen MR) is 247 cm³/mol. The summed E-state index contributed by atoms with van der Waals surface area (Å²) >= 11 is 0. The fraction of sp³-hybridized carbons (Fsp3) is 0.837. The monoisotopic (exact) mass is 855 g/mol. The normalized spacial score (nSPS) is 13.8. The van der Waals surface area contributed by atoms with Crippen molar-refractivity contribution in [1.29, 1.82) is 0 Å². The largest absolute Gasteiger partial charge is 0.472 e. The highest BCUT2D eigenvalue weighted by atomic mass is 31.2. The first-order chi connectivity index (χ1) is 28.5. The van der Waals surface area contributed by atoms with E-state index in [-0.39, 0.29) is 32.0 Å². The van der Waals surface area contributed by atoms with Crippen LogP contribution in [0.1, 0.15) is 213 Å². The van der Waals surface area contributed by atoms with Crippen LogP contribution in [-0.2, 0) is 32.7 Å². The first kappa shape index (κ1) is 57.2. The third kappa shape index (κ3) is 45.6. The van der Waals surface area contributed by atoms with Crippen LogP contribution in [0.3, 0.4) is 0 Å². The lowest BCUT2D eigenvalue weighted by Crippen LogP contribution is -2.37. The summed E-state index contributed by atoms with van der Waals surface area (Å²) in [7, 11) is 1.47. The van der Waals surface area contributed by atoms with Crippen LogP contribution >= 0.6 is 7.82 Å². The summed E-state index contributed by atoms with van der Waals surface area (Å²) in [4.78, 5) is 35.4. The Hall–Kier alpha value is -1.77. The van der Waals surface area contributed by atoms with Gasteiger partial charge in [0.1, 0.15) is 19.8 Å². The zero-order valence-corrected chi connectivity index (χ0v) is 39.9. The predicted octanol–water partition coefficient (Wildman–Crippen LogP) is 14.1. The lowest BCUT2D eigenvalue weighted by atomic mass is 10.0. The lowest BCUT2D eigenvalue weighted by Gasteiger charge is -2.24. The third-order valence-corrected chi connectivity index (χ3v) is 11.4. The Morgan fingerprint density at radius 2 is 0.915 bits per heavy atom. The first-order valence-corrected chi connectivity index (χ1v) is 25.7. The number of phosphoric ester groups is 1. The molecule has 0 aliphatic rings. The minimum Gasteiger partial charge on any atom is -0.462 e. The van der Waals surface area contributed by atoms with Crippen molar-refractivity contribution >= 4 is 19.8 Å². The Morgan fingerprint density at radius 1 is 0.525 bits per heavy atom. The number of quaternary nitrogens is 1. The van der Waals surface area contributed by atoms with Crippen LogP contribution in [0.15, 0.2) is 36.5 Å². The number of phosphoric acid groups is 1. The van der Waals surface area contributed by atoms with Gasteiger partial charge in [-0.3, -0.25) is 18.6 Å². The molecule has 9 nitrogen and oxygen atoms in total. The molecule has 0 aromatic carbocycles. The van der Waals surface area contributed by atoms with E-state index in [0.29, 0.717) is 17.4 Å². The van der Waals surface area contributed by atoms with Crippen molar-refractivity contribution in [2.75, 3.05) is 47.5 Å². The van der Waals surface area contributed by atoms with E-state index in [9.17, 15) is 19.0 Å². The highest BCUT2D eigenvalue weighted by Crippen LogP contribution is 2.43. The van der Waals surface area contributed by atoms with Crippen molar-refractivity contribution in [1.82, 2.24) is 0 Å². The van der Waals surface area contributed by atoms with E-state index < -0.39 is 26.5 Å². The molecule has 59 heavy (non-hydrogen) atoms. The van der Waals surface area contributed by atoms with Gasteiger partial charge in [-0.25, -0.2) is 4.57 Å². The van der Waals surface area contributed by atoms with Crippen LogP contribution in [0.25, 0.3) is 0 Å². The summed E-state index contributed by atoms with van der Waals surface area (Å²) < 4.78 is 34.4. The van der Waals surface area contributed by atoms with Crippen molar-refractivity contribution in [3.8, 4) is 0 Å². The Balaban J connectivity index is 4.23. The van der Waals surface area contributed by atoms with E-state index in [1.54, 1.807) is 0 Å². The van der Waals surface area contributed by atoms with Gasteiger partial charge in [0, 0.05) is 12.8 Å². The van der Waals surface area contributed by atoms with E-state index in [4.69, 9.17) is 18.5 Å². The third-order valence-electron chi connectivity index (χ3n) is 10.4. The van der Waals surface area contributed by atoms with Crippen LogP contribution in [0, 0.1) is 0 Å². The molecular weight excluding hydrogens is 762 g/mol. The summed E-state index contributed by atoms with van der Waals surface area (Å²) in [5.41, 5.74) is 0. The molecule has 0 spiro atoms. The molecule has 0 fully saturated rings. The van der Waals surface area contributed by atoms with Gasteiger partial charge in [0.25, 0.3) is 0 Å². The molecule has 346 valence electrons. The fourth-order valence-electron chi connectivity index (χ4n) is 6.57. The molecule has 0 amide bonds. The first-order valence-electron chi connectivity index (χ1n) is 24.2. The molecular formula is C49H93NO8P+. The standard InChI is InChI=1S/C49H92NO8P/c1-6-8-10-12-14-16-18-20-21-22-23-24-25-26-27-28-29-30-32-34-36-38-40-42-49(52)58-47(46-57-59(53,54)56-44-43-50(3,4)5)45-55-48(51)41-39-37-35-33-31-19-17-15-13-11-9-7-2/h15,17-18,20,22-23,47H,6-14,16,19,21,24-46H2,1-5H3/p+1/b17-15-,20-18-,23-22-. The van der Waals surface area contributed by atoms with Crippen molar-refractivity contribution in [3.63, 3.8) is 0 Å². The molecule has 10 heteroatoms. The molecule has 0 rings (SSSR count). The Kier molecular flexibility index (Phi) is 40.3. The zero-order valence-electron chi connectivity index (χ0n) is 39.0. The number of esters is 2. The van der Waals surface area contributed by atoms with Gasteiger partial charge in [-0.15, -0.1) is 0 Å². The smallest absolute Gasteiger partial charge is 0.462 e. The Labute approximate surface area is 363 Å². The summed E-state index contributed by atoms with van der Waals surface area (Å²) in [6.45, 7) is 4.39. The Morgan fingerprint density at radius 3 is 1.39 bits per heavy atom. The SMILES string of the molecule is CCCCC/C=C\CCCCCCCC(=O)OCC(COP(=O)(O)OCC[N+](C)(C)C)OC(=O)CCCCCCCCCCCCC/C=C\C/C=C\CCCCCCC. The topological polar surface area (TPSA) is 108 Å². The molecule has 0 aliphatic carbocycles. The van der Waals surface area contributed by atoms with Crippen LogP contribution < -0.4 is 0 Å². The van der Waals surface area contributed by atoms with Gasteiger partial charge in [0.05, 0.1) is 27.7 Å². The number of rotatable bonds is 44. The number of carbonyl (C=O) groups is 2. The average Bonchev–Trinajstić information content (AvgIpc) is 3.19. The van der Waals surface area contributed by atoms with Gasteiger partial charge < -0.3 is 18.9 Å². The number of likely N-dealkylation sites (N-methyl/N-ethyl adjacent to an activating group) is 1. The van der Waals surface area contributed by atoms with Crippen LogP contribution in [0.4, 0.5) is 0 Å². The Bertz CT molecular complexity index is 1100.